The molecule has 2 rings (SSSR count). The number of nitrogens with zero attached hydrogens (tertiary/aromatic N) is 1. The number of benzene rings is 1. The van der Waals surface area contributed by atoms with Crippen molar-refractivity contribution in [3.8, 4) is 5.75 Å². The Morgan fingerprint density at radius 1 is 1.27 bits per heavy atom. The predicted octanol–water partition coefficient (Wildman–Crippen LogP) is 2.30. The van der Waals surface area contributed by atoms with Gasteiger partial charge in [-0.25, -0.2) is 0 Å². The van der Waals surface area contributed by atoms with E-state index in [9.17, 15) is 9.59 Å². The molecule has 1 aliphatic rings. The molecular weight excluding hydrogens is 282 g/mol. The van der Waals surface area contributed by atoms with Gasteiger partial charge in [0, 0.05) is 25.2 Å². The van der Waals surface area contributed by atoms with Crippen molar-refractivity contribution in [2.24, 2.45) is 0 Å². The predicted molar refractivity (Wildman–Crippen MR) is 83.2 cm³/mol. The van der Waals surface area contributed by atoms with Crippen LogP contribution >= 0.6 is 0 Å². The number of carbonyl (C=O) groups is 2. The summed E-state index contributed by atoms with van der Waals surface area (Å²) in [7, 11) is 0. The molecule has 0 aromatic heterocycles. The highest BCUT2D eigenvalue weighted by Gasteiger charge is 2.21. The molecule has 1 aromatic carbocycles. The second kappa shape index (κ2) is 8.54. The number of ether oxygens (including phenoxy) is 2. The maximum Gasteiger partial charge on any atom is 0.307 e. The maximum absolute atomic E-state index is 11.3. The third kappa shape index (κ3) is 5.15. The fraction of sp³-hybridized carbons (Fsp3) is 0.529. The van der Waals surface area contributed by atoms with Crippen LogP contribution in [0.3, 0.4) is 0 Å². The zero-order chi connectivity index (χ0) is 15.8. The number of piperidine rings is 1. The van der Waals surface area contributed by atoms with Crippen molar-refractivity contribution < 1.29 is 19.1 Å². The molecule has 120 valence electrons. The molecule has 5 heteroatoms. The summed E-state index contributed by atoms with van der Waals surface area (Å²) in [5.74, 6) is 0.673. The van der Waals surface area contributed by atoms with Crippen LogP contribution in [0.5, 0.6) is 5.75 Å². The zero-order valence-electron chi connectivity index (χ0n) is 13.0. The summed E-state index contributed by atoms with van der Waals surface area (Å²) in [5, 5.41) is 0. The van der Waals surface area contributed by atoms with E-state index in [1.807, 2.05) is 19.1 Å². The SMILES string of the molecule is CCOC(=O)CCN1CCC(Oc2ccc(C=O)cc2)CC1. The Morgan fingerprint density at radius 3 is 2.55 bits per heavy atom. The van der Waals surface area contributed by atoms with Gasteiger partial charge in [0.15, 0.2) is 0 Å². The molecule has 0 bridgehead atoms. The summed E-state index contributed by atoms with van der Waals surface area (Å²) < 4.78 is 10.9. The van der Waals surface area contributed by atoms with Gasteiger partial charge in [0.1, 0.15) is 18.1 Å². The first-order valence-electron chi connectivity index (χ1n) is 7.81. The fourth-order valence-corrected chi connectivity index (χ4v) is 2.55. The van der Waals surface area contributed by atoms with Crippen LogP contribution in [0.4, 0.5) is 0 Å². The molecule has 0 N–H and O–H groups in total. The van der Waals surface area contributed by atoms with Crippen molar-refractivity contribution in [3.63, 3.8) is 0 Å². The quantitative estimate of drug-likeness (QED) is 0.571. The number of likely N-dealkylation sites (tertiary alicyclic amines) is 1. The normalized spacial score (nSPS) is 16.2. The van der Waals surface area contributed by atoms with E-state index in [0.717, 1.165) is 44.5 Å². The van der Waals surface area contributed by atoms with Crippen LogP contribution in [0.2, 0.25) is 0 Å². The monoisotopic (exact) mass is 305 g/mol. The van der Waals surface area contributed by atoms with E-state index in [0.29, 0.717) is 18.6 Å². The topological polar surface area (TPSA) is 55.8 Å². The first-order valence-corrected chi connectivity index (χ1v) is 7.81. The van der Waals surface area contributed by atoms with Gasteiger partial charge in [-0.2, -0.15) is 0 Å². The molecule has 0 atom stereocenters. The highest BCUT2D eigenvalue weighted by Crippen LogP contribution is 2.19. The second-order valence-electron chi connectivity index (χ2n) is 5.40. The minimum atomic E-state index is -0.129. The van der Waals surface area contributed by atoms with Gasteiger partial charge in [0.2, 0.25) is 0 Å². The lowest BCUT2D eigenvalue weighted by Gasteiger charge is -2.31. The Bertz CT molecular complexity index is 478. The lowest BCUT2D eigenvalue weighted by Crippen LogP contribution is -2.39. The van der Waals surface area contributed by atoms with E-state index in [1.54, 1.807) is 12.1 Å². The molecule has 1 saturated heterocycles. The number of hydrogen-bond acceptors (Lipinski definition) is 5. The van der Waals surface area contributed by atoms with E-state index in [1.165, 1.54) is 0 Å². The highest BCUT2D eigenvalue weighted by molar-refractivity contribution is 5.74. The Morgan fingerprint density at radius 2 is 1.95 bits per heavy atom. The summed E-state index contributed by atoms with van der Waals surface area (Å²) in [6, 6.07) is 7.18. The highest BCUT2D eigenvalue weighted by atomic mass is 16.5. The van der Waals surface area contributed by atoms with Gasteiger partial charge < -0.3 is 14.4 Å². The lowest BCUT2D eigenvalue weighted by atomic mass is 10.1. The lowest BCUT2D eigenvalue weighted by molar-refractivity contribution is -0.143. The molecule has 0 radical (unpaired) electrons. The van der Waals surface area contributed by atoms with Crippen LogP contribution < -0.4 is 4.74 Å². The summed E-state index contributed by atoms with van der Waals surface area (Å²) in [6.45, 7) is 4.87. The molecular formula is C17H23NO4. The third-order valence-corrected chi connectivity index (χ3v) is 3.79. The molecule has 1 fully saturated rings. The average Bonchev–Trinajstić information content (AvgIpc) is 2.55. The number of hydrogen-bond donors (Lipinski definition) is 0. The molecule has 5 nitrogen and oxygen atoms in total. The first-order chi connectivity index (χ1) is 10.7. The van der Waals surface area contributed by atoms with Crippen molar-refractivity contribution in [1.29, 1.82) is 0 Å². The Balaban J connectivity index is 1.70. The van der Waals surface area contributed by atoms with Crippen molar-refractivity contribution in [2.45, 2.75) is 32.3 Å². The zero-order valence-corrected chi connectivity index (χ0v) is 13.0. The van der Waals surface area contributed by atoms with Crippen LogP contribution in [-0.4, -0.2) is 49.5 Å². The number of rotatable bonds is 7. The van der Waals surface area contributed by atoms with E-state index >= 15 is 0 Å². The third-order valence-electron chi connectivity index (χ3n) is 3.79. The fourth-order valence-electron chi connectivity index (χ4n) is 2.55. The summed E-state index contributed by atoms with van der Waals surface area (Å²) >= 11 is 0. The van der Waals surface area contributed by atoms with Gasteiger partial charge in [0.25, 0.3) is 0 Å². The molecule has 0 unspecified atom stereocenters. The van der Waals surface area contributed by atoms with Gasteiger partial charge in [-0.05, 0) is 44.0 Å². The number of carbonyl (C=O) groups excluding carboxylic acids is 2. The Kier molecular flexibility index (Phi) is 6.40. The van der Waals surface area contributed by atoms with Crippen LogP contribution in [0.15, 0.2) is 24.3 Å². The van der Waals surface area contributed by atoms with Gasteiger partial charge in [-0.15, -0.1) is 0 Å². The summed E-state index contributed by atoms with van der Waals surface area (Å²) in [4.78, 5) is 24.2. The van der Waals surface area contributed by atoms with Crippen LogP contribution in [0.1, 0.15) is 36.5 Å². The molecule has 0 saturated carbocycles. The maximum atomic E-state index is 11.3. The minimum absolute atomic E-state index is 0.129. The molecule has 22 heavy (non-hydrogen) atoms. The Labute approximate surface area is 131 Å². The van der Waals surface area contributed by atoms with Gasteiger partial charge in [-0.1, -0.05) is 0 Å². The molecule has 0 amide bonds. The van der Waals surface area contributed by atoms with Crippen LogP contribution in [-0.2, 0) is 9.53 Å². The molecule has 1 aliphatic heterocycles. The molecule has 1 aromatic rings. The Hall–Kier alpha value is -1.88. The molecule has 0 aliphatic carbocycles. The standard InChI is InChI=1S/C17H23NO4/c1-2-21-17(20)9-12-18-10-7-16(8-11-18)22-15-5-3-14(13-19)4-6-15/h3-6,13,16H,2,7-12H2,1H3. The minimum Gasteiger partial charge on any atom is -0.490 e. The van der Waals surface area contributed by atoms with Crippen molar-refractivity contribution in [1.82, 2.24) is 4.90 Å². The largest absolute Gasteiger partial charge is 0.490 e. The van der Waals surface area contributed by atoms with E-state index in [4.69, 9.17) is 9.47 Å². The summed E-state index contributed by atoms with van der Waals surface area (Å²) in [5.41, 5.74) is 0.654. The van der Waals surface area contributed by atoms with Crippen LogP contribution in [0, 0.1) is 0 Å². The molecule has 1 heterocycles. The van der Waals surface area contributed by atoms with Gasteiger partial charge in [-0.3, -0.25) is 9.59 Å². The van der Waals surface area contributed by atoms with E-state index in [2.05, 4.69) is 4.90 Å². The van der Waals surface area contributed by atoms with Crippen molar-refractivity contribution >= 4 is 12.3 Å². The van der Waals surface area contributed by atoms with Crippen molar-refractivity contribution in [2.75, 3.05) is 26.2 Å². The van der Waals surface area contributed by atoms with Gasteiger partial charge >= 0.3 is 5.97 Å². The van der Waals surface area contributed by atoms with Crippen molar-refractivity contribution in [3.05, 3.63) is 29.8 Å². The number of aldehydes is 1. The first kappa shape index (κ1) is 16.5. The van der Waals surface area contributed by atoms with E-state index in [-0.39, 0.29) is 12.1 Å². The number of esters is 1. The second-order valence-corrected chi connectivity index (χ2v) is 5.40. The summed E-state index contributed by atoms with van der Waals surface area (Å²) in [6.07, 6.45) is 3.36. The molecule has 0 spiro atoms. The van der Waals surface area contributed by atoms with E-state index < -0.39 is 0 Å². The van der Waals surface area contributed by atoms with Gasteiger partial charge in [0.05, 0.1) is 13.0 Å². The van der Waals surface area contributed by atoms with Crippen LogP contribution in [0.25, 0.3) is 0 Å². The average molecular weight is 305 g/mol. The smallest absolute Gasteiger partial charge is 0.307 e.